The number of aryl methyl sites for hydroxylation is 2. The summed E-state index contributed by atoms with van der Waals surface area (Å²) in [5.74, 6) is 2.56. The van der Waals surface area contributed by atoms with Gasteiger partial charge in [0.1, 0.15) is 4.90 Å². The minimum Gasteiger partial charge on any atom is -0.268 e. The van der Waals surface area contributed by atoms with E-state index in [0.29, 0.717) is 37.2 Å². The van der Waals surface area contributed by atoms with Gasteiger partial charge in [0.25, 0.3) is 9.05 Å². The fraction of sp³-hybridized carbons (Fsp3) is 0.583. The van der Waals surface area contributed by atoms with E-state index in [1.165, 1.54) is 0 Å². The van der Waals surface area contributed by atoms with Gasteiger partial charge in [-0.05, 0) is 19.3 Å². The number of aromatic nitrogens is 2. The maximum Gasteiger partial charge on any atom is 0.264 e. The van der Waals surface area contributed by atoms with Crippen LogP contribution in [0, 0.1) is 12.3 Å². The molecule has 0 saturated heterocycles. The van der Waals surface area contributed by atoms with Gasteiger partial charge >= 0.3 is 0 Å². The Hall–Kier alpha value is -0.990. The van der Waals surface area contributed by atoms with E-state index in [0.717, 1.165) is 6.42 Å². The summed E-state index contributed by atoms with van der Waals surface area (Å²) in [6.45, 7) is 4.37. The van der Waals surface area contributed by atoms with E-state index in [-0.39, 0.29) is 4.90 Å². The first-order valence-corrected chi connectivity index (χ1v) is 8.23. The van der Waals surface area contributed by atoms with Crippen molar-refractivity contribution in [1.29, 1.82) is 0 Å². The van der Waals surface area contributed by atoms with Crippen LogP contribution in [0.3, 0.4) is 0 Å². The molecule has 0 atom stereocenters. The van der Waals surface area contributed by atoms with Gasteiger partial charge in [-0.25, -0.2) is 8.42 Å². The molecule has 0 bridgehead atoms. The number of hydrogen-bond donors (Lipinski definition) is 0. The number of nitrogens with zero attached hydrogens (tertiary/aromatic N) is 2. The van der Waals surface area contributed by atoms with Crippen LogP contribution >= 0.6 is 10.7 Å². The number of rotatable bonds is 6. The number of hydrogen-bond acceptors (Lipinski definition) is 3. The topological polar surface area (TPSA) is 52.0 Å². The summed E-state index contributed by atoms with van der Waals surface area (Å²) in [6.07, 6.45) is 7.73. The molecule has 0 fully saturated rings. The van der Waals surface area contributed by atoms with Crippen molar-refractivity contribution in [2.75, 3.05) is 0 Å². The average molecular weight is 289 g/mol. The summed E-state index contributed by atoms with van der Waals surface area (Å²) in [5.41, 5.74) is 1.20. The predicted molar refractivity (Wildman–Crippen MR) is 72.1 cm³/mol. The fourth-order valence-electron chi connectivity index (χ4n) is 1.91. The molecule has 18 heavy (non-hydrogen) atoms. The van der Waals surface area contributed by atoms with Gasteiger partial charge in [-0.1, -0.05) is 13.8 Å². The largest absolute Gasteiger partial charge is 0.268 e. The second-order valence-electron chi connectivity index (χ2n) is 3.90. The van der Waals surface area contributed by atoms with Crippen molar-refractivity contribution in [3.05, 3.63) is 11.4 Å². The molecular formula is C12H17ClN2O2S. The van der Waals surface area contributed by atoms with E-state index in [1.54, 1.807) is 4.68 Å². The highest BCUT2D eigenvalue weighted by Gasteiger charge is 2.24. The third-order valence-corrected chi connectivity index (χ3v) is 4.10. The molecule has 100 valence electrons. The van der Waals surface area contributed by atoms with Crippen molar-refractivity contribution < 1.29 is 8.42 Å². The quantitative estimate of drug-likeness (QED) is 0.459. The third kappa shape index (κ3) is 3.27. The Labute approximate surface area is 113 Å². The van der Waals surface area contributed by atoms with Gasteiger partial charge in [-0.2, -0.15) is 5.10 Å². The maximum absolute atomic E-state index is 11.6. The van der Waals surface area contributed by atoms with Crippen molar-refractivity contribution in [2.45, 2.75) is 51.0 Å². The standard InChI is InChI=1S/C12H17ClN2O2S/c1-4-7-8-9-15-11(6-3)12(18(13,16)17)10(5-2)14-15/h1H,5-9H2,2-3H3. The van der Waals surface area contributed by atoms with Crippen LogP contribution in [0.25, 0.3) is 0 Å². The molecule has 0 N–H and O–H groups in total. The van der Waals surface area contributed by atoms with Gasteiger partial charge < -0.3 is 0 Å². The van der Waals surface area contributed by atoms with Crippen LogP contribution in [-0.4, -0.2) is 18.2 Å². The first kappa shape index (κ1) is 15.1. The van der Waals surface area contributed by atoms with Crippen molar-refractivity contribution in [2.24, 2.45) is 0 Å². The van der Waals surface area contributed by atoms with E-state index in [1.807, 2.05) is 13.8 Å². The monoisotopic (exact) mass is 288 g/mol. The third-order valence-electron chi connectivity index (χ3n) is 2.68. The highest BCUT2D eigenvalue weighted by Crippen LogP contribution is 2.25. The summed E-state index contributed by atoms with van der Waals surface area (Å²) in [4.78, 5) is 0.176. The van der Waals surface area contributed by atoms with Crippen molar-refractivity contribution in [3.63, 3.8) is 0 Å². The molecule has 1 heterocycles. The normalized spacial score (nSPS) is 11.4. The summed E-state index contributed by atoms with van der Waals surface area (Å²) >= 11 is 0. The van der Waals surface area contributed by atoms with Gasteiger partial charge in [0, 0.05) is 23.6 Å². The molecule has 0 aromatic carbocycles. The Morgan fingerprint density at radius 2 is 2.06 bits per heavy atom. The molecule has 0 aliphatic rings. The van der Waals surface area contributed by atoms with E-state index in [9.17, 15) is 8.42 Å². The molecule has 0 aliphatic heterocycles. The SMILES string of the molecule is C#CCCCn1nc(CC)c(S(=O)(=O)Cl)c1CC. The summed E-state index contributed by atoms with van der Waals surface area (Å²) in [7, 11) is 1.74. The fourth-order valence-corrected chi connectivity index (χ4v) is 3.44. The van der Waals surface area contributed by atoms with Gasteiger partial charge in [-0.15, -0.1) is 12.3 Å². The zero-order valence-electron chi connectivity index (χ0n) is 10.6. The average Bonchev–Trinajstić information content (AvgIpc) is 2.67. The lowest BCUT2D eigenvalue weighted by Crippen LogP contribution is -2.06. The van der Waals surface area contributed by atoms with Gasteiger partial charge in [0.15, 0.2) is 0 Å². The van der Waals surface area contributed by atoms with Crippen LogP contribution in [-0.2, 0) is 28.4 Å². The Morgan fingerprint density at radius 3 is 2.50 bits per heavy atom. The molecule has 0 unspecified atom stereocenters. The van der Waals surface area contributed by atoms with Gasteiger partial charge in [-0.3, -0.25) is 4.68 Å². The van der Waals surface area contributed by atoms with Crippen LogP contribution < -0.4 is 0 Å². The van der Waals surface area contributed by atoms with Crippen LogP contribution in [0.5, 0.6) is 0 Å². The number of unbranched alkanes of at least 4 members (excludes halogenated alkanes) is 1. The molecular weight excluding hydrogens is 272 g/mol. The Kier molecular flexibility index (Phi) is 5.24. The Bertz CT molecular complexity index is 555. The summed E-state index contributed by atoms with van der Waals surface area (Å²) < 4.78 is 24.9. The summed E-state index contributed by atoms with van der Waals surface area (Å²) in [5, 5.41) is 4.32. The summed E-state index contributed by atoms with van der Waals surface area (Å²) in [6, 6.07) is 0. The molecule has 1 aromatic heterocycles. The lowest BCUT2D eigenvalue weighted by Gasteiger charge is -2.05. The molecule has 0 aliphatic carbocycles. The van der Waals surface area contributed by atoms with Gasteiger partial charge in [0.05, 0.1) is 11.4 Å². The van der Waals surface area contributed by atoms with Crippen molar-refractivity contribution >= 4 is 19.7 Å². The first-order valence-electron chi connectivity index (χ1n) is 5.92. The Morgan fingerprint density at radius 1 is 1.39 bits per heavy atom. The smallest absolute Gasteiger partial charge is 0.264 e. The first-order chi connectivity index (χ1) is 8.45. The number of halogens is 1. The second-order valence-corrected chi connectivity index (χ2v) is 6.40. The molecule has 0 radical (unpaired) electrons. The van der Waals surface area contributed by atoms with Crippen molar-refractivity contribution in [3.8, 4) is 12.3 Å². The van der Waals surface area contributed by atoms with E-state index in [2.05, 4.69) is 11.0 Å². The van der Waals surface area contributed by atoms with E-state index >= 15 is 0 Å². The Balaban J connectivity index is 3.22. The van der Waals surface area contributed by atoms with Crippen LogP contribution in [0.2, 0.25) is 0 Å². The second kappa shape index (κ2) is 6.26. The predicted octanol–water partition coefficient (Wildman–Crippen LogP) is 2.35. The molecule has 0 amide bonds. The lowest BCUT2D eigenvalue weighted by atomic mass is 10.2. The zero-order valence-corrected chi connectivity index (χ0v) is 12.2. The van der Waals surface area contributed by atoms with E-state index < -0.39 is 9.05 Å². The van der Waals surface area contributed by atoms with Crippen LogP contribution in [0.1, 0.15) is 38.1 Å². The zero-order chi connectivity index (χ0) is 13.8. The molecule has 0 saturated carbocycles. The molecule has 0 spiro atoms. The molecule has 1 aromatic rings. The van der Waals surface area contributed by atoms with Crippen LogP contribution in [0.15, 0.2) is 4.90 Å². The molecule has 6 heteroatoms. The lowest BCUT2D eigenvalue weighted by molar-refractivity contribution is 0.556. The van der Waals surface area contributed by atoms with Crippen LogP contribution in [0.4, 0.5) is 0 Å². The van der Waals surface area contributed by atoms with E-state index in [4.69, 9.17) is 17.1 Å². The number of terminal acetylenes is 1. The van der Waals surface area contributed by atoms with Gasteiger partial charge in [0.2, 0.25) is 0 Å². The minimum atomic E-state index is -3.75. The maximum atomic E-state index is 11.6. The minimum absolute atomic E-state index is 0.176. The highest BCUT2D eigenvalue weighted by molar-refractivity contribution is 8.13. The van der Waals surface area contributed by atoms with Crippen molar-refractivity contribution in [1.82, 2.24) is 9.78 Å². The highest BCUT2D eigenvalue weighted by atomic mass is 35.7. The molecule has 4 nitrogen and oxygen atoms in total. The molecule has 1 rings (SSSR count).